The summed E-state index contributed by atoms with van der Waals surface area (Å²) in [6.45, 7) is 2.16. The summed E-state index contributed by atoms with van der Waals surface area (Å²) < 4.78 is 0. The third-order valence-corrected chi connectivity index (χ3v) is 3.82. The molecule has 4 heteroatoms. The highest BCUT2D eigenvalue weighted by Gasteiger charge is 2.12. The fourth-order valence-corrected chi connectivity index (χ4v) is 2.37. The zero-order chi connectivity index (χ0) is 16.2. The Balaban J connectivity index is 2.29. The molecule has 1 atom stereocenters. The number of aliphatic hydroxyl groups excluding tert-OH is 1. The molecular weight excluding hydrogens is 276 g/mol. The fraction of sp³-hybridized carbons (Fsp3) is 0.611. The molecule has 0 aromatic heterocycles. The molecule has 1 aromatic rings. The maximum Gasteiger partial charge on any atom is 0.241 e. The van der Waals surface area contributed by atoms with Crippen LogP contribution >= 0.6 is 0 Å². The lowest BCUT2D eigenvalue weighted by Crippen LogP contribution is -2.36. The van der Waals surface area contributed by atoms with Crippen molar-refractivity contribution >= 4 is 11.6 Å². The van der Waals surface area contributed by atoms with E-state index in [1.54, 1.807) is 0 Å². The predicted octanol–water partition coefficient (Wildman–Crippen LogP) is 3.24. The van der Waals surface area contributed by atoms with Crippen LogP contribution in [-0.2, 0) is 11.2 Å². The van der Waals surface area contributed by atoms with E-state index in [0.29, 0.717) is 0 Å². The summed E-state index contributed by atoms with van der Waals surface area (Å²) in [6.07, 6.45) is 9.17. The molecule has 1 amide bonds. The number of rotatable bonds is 11. The monoisotopic (exact) mass is 306 g/mol. The molecule has 0 aliphatic carbocycles. The minimum absolute atomic E-state index is 0.0776. The first-order valence-electron chi connectivity index (χ1n) is 8.43. The minimum Gasteiger partial charge on any atom is -0.396 e. The Bertz CT molecular complexity index is 418. The van der Waals surface area contributed by atoms with Crippen molar-refractivity contribution in [1.29, 1.82) is 0 Å². The molecule has 0 heterocycles. The minimum atomic E-state index is -0.659. The van der Waals surface area contributed by atoms with Crippen molar-refractivity contribution in [2.45, 2.75) is 64.3 Å². The van der Waals surface area contributed by atoms with Crippen molar-refractivity contribution in [2.75, 3.05) is 11.9 Å². The summed E-state index contributed by atoms with van der Waals surface area (Å²) in [5.41, 5.74) is 7.70. The van der Waals surface area contributed by atoms with Gasteiger partial charge in [-0.2, -0.15) is 0 Å². The molecule has 22 heavy (non-hydrogen) atoms. The van der Waals surface area contributed by atoms with Crippen molar-refractivity contribution in [2.24, 2.45) is 5.73 Å². The van der Waals surface area contributed by atoms with Gasteiger partial charge in [0.05, 0.1) is 6.04 Å². The molecule has 0 unspecified atom stereocenters. The standard InChI is InChI=1S/C18H30N2O2/c1-2-3-4-5-6-7-8-15-9-11-16(12-10-15)20-18(22)17(19)13-14-21/h9-12,17,21H,2-8,13-14,19H2,1H3,(H,20,22)/t17-/m0/s1. The van der Waals surface area contributed by atoms with E-state index in [9.17, 15) is 4.79 Å². The van der Waals surface area contributed by atoms with Gasteiger partial charge in [0.15, 0.2) is 0 Å². The van der Waals surface area contributed by atoms with Gasteiger partial charge in [0.25, 0.3) is 0 Å². The first-order chi connectivity index (χ1) is 10.7. The number of aliphatic hydroxyl groups is 1. The summed E-state index contributed by atoms with van der Waals surface area (Å²) in [6, 6.07) is 7.28. The third-order valence-electron chi connectivity index (χ3n) is 3.82. The number of benzene rings is 1. The summed E-state index contributed by atoms with van der Waals surface area (Å²) in [5.74, 6) is -0.252. The van der Waals surface area contributed by atoms with E-state index >= 15 is 0 Å². The van der Waals surface area contributed by atoms with Gasteiger partial charge in [-0.15, -0.1) is 0 Å². The molecule has 1 aromatic carbocycles. The Morgan fingerprint density at radius 3 is 2.41 bits per heavy atom. The van der Waals surface area contributed by atoms with Crippen LogP contribution < -0.4 is 11.1 Å². The Labute approximate surface area is 134 Å². The third kappa shape index (κ3) is 7.57. The van der Waals surface area contributed by atoms with E-state index in [-0.39, 0.29) is 18.9 Å². The van der Waals surface area contributed by atoms with Crippen molar-refractivity contribution in [3.63, 3.8) is 0 Å². The topological polar surface area (TPSA) is 75.4 Å². The van der Waals surface area contributed by atoms with Crippen molar-refractivity contribution < 1.29 is 9.90 Å². The molecule has 1 rings (SSSR count). The molecule has 0 saturated heterocycles. The Hall–Kier alpha value is -1.39. The summed E-state index contributed by atoms with van der Waals surface area (Å²) in [4.78, 5) is 11.7. The molecule has 124 valence electrons. The lowest BCUT2D eigenvalue weighted by atomic mass is 10.0. The van der Waals surface area contributed by atoms with Gasteiger partial charge < -0.3 is 16.2 Å². The summed E-state index contributed by atoms with van der Waals surface area (Å²) in [7, 11) is 0. The zero-order valence-corrected chi connectivity index (χ0v) is 13.7. The zero-order valence-electron chi connectivity index (χ0n) is 13.7. The first-order valence-corrected chi connectivity index (χ1v) is 8.43. The van der Waals surface area contributed by atoms with Crippen LogP contribution in [0.2, 0.25) is 0 Å². The number of carbonyl (C=O) groups is 1. The first kappa shape index (κ1) is 18.7. The van der Waals surface area contributed by atoms with Crippen LogP contribution in [-0.4, -0.2) is 23.7 Å². The molecule has 0 saturated carbocycles. The number of unbranched alkanes of at least 4 members (excludes halogenated alkanes) is 5. The molecule has 4 N–H and O–H groups in total. The molecule has 0 bridgehead atoms. The fourth-order valence-electron chi connectivity index (χ4n) is 2.37. The number of nitrogens with one attached hydrogen (secondary N) is 1. The van der Waals surface area contributed by atoms with Gasteiger partial charge in [0, 0.05) is 12.3 Å². The van der Waals surface area contributed by atoms with Crippen molar-refractivity contribution in [3.05, 3.63) is 29.8 Å². The number of carbonyl (C=O) groups excluding carboxylic acids is 1. The van der Waals surface area contributed by atoms with Gasteiger partial charge in [-0.1, -0.05) is 51.2 Å². The van der Waals surface area contributed by atoms with Crippen LogP contribution in [0.25, 0.3) is 0 Å². The van der Waals surface area contributed by atoms with Crippen LogP contribution in [0, 0.1) is 0 Å². The highest BCUT2D eigenvalue weighted by atomic mass is 16.3. The highest BCUT2D eigenvalue weighted by molar-refractivity contribution is 5.94. The lowest BCUT2D eigenvalue weighted by molar-refractivity contribution is -0.117. The molecule has 0 spiro atoms. The van der Waals surface area contributed by atoms with Gasteiger partial charge in [0.1, 0.15) is 0 Å². The van der Waals surface area contributed by atoms with E-state index in [4.69, 9.17) is 10.8 Å². The van der Waals surface area contributed by atoms with Crippen LogP contribution in [0.5, 0.6) is 0 Å². The SMILES string of the molecule is CCCCCCCCc1ccc(NC(=O)[C@@H](N)CCO)cc1. The van der Waals surface area contributed by atoms with E-state index in [0.717, 1.165) is 12.1 Å². The van der Waals surface area contributed by atoms with E-state index in [1.807, 2.05) is 12.1 Å². The lowest BCUT2D eigenvalue weighted by Gasteiger charge is -2.11. The van der Waals surface area contributed by atoms with Crippen LogP contribution in [0.1, 0.15) is 57.4 Å². The van der Waals surface area contributed by atoms with Crippen molar-refractivity contribution in [3.8, 4) is 0 Å². The Morgan fingerprint density at radius 1 is 1.14 bits per heavy atom. The average Bonchev–Trinajstić information content (AvgIpc) is 2.52. The molecule has 0 fully saturated rings. The van der Waals surface area contributed by atoms with Gasteiger partial charge >= 0.3 is 0 Å². The highest BCUT2D eigenvalue weighted by Crippen LogP contribution is 2.13. The van der Waals surface area contributed by atoms with Crippen LogP contribution in [0.3, 0.4) is 0 Å². The van der Waals surface area contributed by atoms with Crippen LogP contribution in [0.15, 0.2) is 24.3 Å². The summed E-state index contributed by atoms with van der Waals surface area (Å²) in [5, 5.41) is 11.5. The quantitative estimate of drug-likeness (QED) is 0.549. The van der Waals surface area contributed by atoms with E-state index in [1.165, 1.54) is 44.1 Å². The second kappa shape index (κ2) is 11.2. The second-order valence-corrected chi connectivity index (χ2v) is 5.82. The van der Waals surface area contributed by atoms with Gasteiger partial charge in [0.2, 0.25) is 5.91 Å². The van der Waals surface area contributed by atoms with E-state index < -0.39 is 6.04 Å². The number of amides is 1. The summed E-state index contributed by atoms with van der Waals surface area (Å²) >= 11 is 0. The molecule has 4 nitrogen and oxygen atoms in total. The molecule has 0 aliphatic rings. The molecular formula is C18H30N2O2. The smallest absolute Gasteiger partial charge is 0.241 e. The Kier molecular flexibility index (Phi) is 9.51. The van der Waals surface area contributed by atoms with Gasteiger partial charge in [-0.25, -0.2) is 0 Å². The number of hydrogen-bond donors (Lipinski definition) is 3. The average molecular weight is 306 g/mol. The normalized spacial score (nSPS) is 12.1. The predicted molar refractivity (Wildman–Crippen MR) is 91.8 cm³/mol. The molecule has 0 radical (unpaired) electrons. The maximum absolute atomic E-state index is 11.7. The largest absolute Gasteiger partial charge is 0.396 e. The number of hydrogen-bond acceptors (Lipinski definition) is 3. The number of nitrogens with two attached hydrogens (primary N) is 1. The Morgan fingerprint density at radius 2 is 1.77 bits per heavy atom. The maximum atomic E-state index is 11.7. The van der Waals surface area contributed by atoms with Crippen LogP contribution in [0.4, 0.5) is 5.69 Å². The second-order valence-electron chi connectivity index (χ2n) is 5.82. The molecule has 0 aliphatic heterocycles. The number of anilines is 1. The number of aryl methyl sites for hydroxylation is 1. The van der Waals surface area contributed by atoms with Crippen molar-refractivity contribution in [1.82, 2.24) is 0 Å². The van der Waals surface area contributed by atoms with Gasteiger partial charge in [-0.3, -0.25) is 4.79 Å². The van der Waals surface area contributed by atoms with E-state index in [2.05, 4.69) is 24.4 Å². The van der Waals surface area contributed by atoms with Gasteiger partial charge in [-0.05, 0) is 37.0 Å².